The van der Waals surface area contributed by atoms with Crippen LogP contribution in [0.4, 0.5) is 4.79 Å². The zero-order valence-electron chi connectivity index (χ0n) is 15.5. The summed E-state index contributed by atoms with van der Waals surface area (Å²) < 4.78 is 0. The number of carbonyl (C=O) groups excluding carboxylic acids is 2. The van der Waals surface area contributed by atoms with E-state index in [2.05, 4.69) is 15.5 Å². The second kappa shape index (κ2) is 8.25. The number of nitrogens with zero attached hydrogens (tertiary/aromatic N) is 2. The van der Waals surface area contributed by atoms with Gasteiger partial charge in [0.2, 0.25) is 0 Å². The summed E-state index contributed by atoms with van der Waals surface area (Å²) in [7, 11) is 0. The van der Waals surface area contributed by atoms with Crippen molar-refractivity contribution in [2.45, 2.75) is 51.5 Å². The summed E-state index contributed by atoms with van der Waals surface area (Å²) in [6.45, 7) is 1.66. The average molecular weight is 387 g/mol. The minimum Gasteiger partial charge on any atom is -0.332 e. The molecule has 6 nitrogen and oxygen atoms in total. The van der Waals surface area contributed by atoms with E-state index in [0.29, 0.717) is 19.6 Å². The van der Waals surface area contributed by atoms with Crippen molar-refractivity contribution in [3.63, 3.8) is 0 Å². The number of nitrogens with one attached hydrogen (secondary N) is 2. The monoisotopic (exact) mass is 386 g/mol. The molecule has 0 bridgehead atoms. The van der Waals surface area contributed by atoms with E-state index in [-0.39, 0.29) is 17.7 Å². The molecule has 3 heterocycles. The van der Waals surface area contributed by atoms with Crippen molar-refractivity contribution in [3.8, 4) is 0 Å². The molecule has 2 aromatic rings. The standard InChI is InChI=1S/C20H26N4O2S/c25-19(18-9-5-11-27-18)14-6-4-10-24(13-14)20(26)21-12-17-15-7-2-1-3-8-16(15)22-23-17/h5,9,11,14H,1-4,6-8,10,12-13H2,(H,21,26)(H,22,23). The lowest BCUT2D eigenvalue weighted by atomic mass is 9.93. The fourth-order valence-corrected chi connectivity index (χ4v) is 4.88. The predicted molar refractivity (Wildman–Crippen MR) is 105 cm³/mol. The van der Waals surface area contributed by atoms with E-state index in [4.69, 9.17) is 0 Å². The molecule has 27 heavy (non-hydrogen) atoms. The molecule has 1 unspecified atom stereocenters. The topological polar surface area (TPSA) is 78.1 Å². The Morgan fingerprint density at radius 3 is 3.00 bits per heavy atom. The van der Waals surface area contributed by atoms with Crippen molar-refractivity contribution in [2.24, 2.45) is 5.92 Å². The van der Waals surface area contributed by atoms with Crippen molar-refractivity contribution in [1.29, 1.82) is 0 Å². The third kappa shape index (κ3) is 4.08. The number of piperidine rings is 1. The number of thiophene rings is 1. The molecule has 2 amide bonds. The van der Waals surface area contributed by atoms with Crippen LogP contribution in [0.5, 0.6) is 0 Å². The lowest BCUT2D eigenvalue weighted by Crippen LogP contribution is -2.46. The minimum atomic E-state index is -0.0935. The Morgan fingerprint density at radius 2 is 2.15 bits per heavy atom. The third-order valence-electron chi connectivity index (χ3n) is 5.64. The Labute approximate surface area is 163 Å². The molecule has 1 aliphatic heterocycles. The van der Waals surface area contributed by atoms with Crippen molar-refractivity contribution < 1.29 is 9.59 Å². The number of amides is 2. The van der Waals surface area contributed by atoms with Crippen LogP contribution >= 0.6 is 11.3 Å². The number of hydrogen-bond donors (Lipinski definition) is 2. The van der Waals surface area contributed by atoms with E-state index in [1.807, 2.05) is 17.5 Å². The van der Waals surface area contributed by atoms with E-state index in [1.54, 1.807) is 4.90 Å². The van der Waals surface area contributed by atoms with Gasteiger partial charge in [-0.15, -0.1) is 11.3 Å². The second-order valence-electron chi connectivity index (χ2n) is 7.47. The Hall–Kier alpha value is -2.15. The summed E-state index contributed by atoms with van der Waals surface area (Å²) in [5, 5.41) is 12.5. The van der Waals surface area contributed by atoms with Gasteiger partial charge in [0.25, 0.3) is 0 Å². The Bertz CT molecular complexity index is 799. The van der Waals surface area contributed by atoms with E-state index < -0.39 is 0 Å². The fourth-order valence-electron chi connectivity index (χ4n) is 4.14. The molecule has 2 aliphatic rings. The van der Waals surface area contributed by atoms with Gasteiger partial charge in [0.15, 0.2) is 5.78 Å². The summed E-state index contributed by atoms with van der Waals surface area (Å²) >= 11 is 1.48. The number of likely N-dealkylation sites (tertiary alicyclic amines) is 1. The van der Waals surface area contributed by atoms with E-state index >= 15 is 0 Å². The first kappa shape index (κ1) is 18.2. The molecule has 2 aromatic heterocycles. The lowest BCUT2D eigenvalue weighted by molar-refractivity contribution is 0.0849. The molecular weight excluding hydrogens is 360 g/mol. The SMILES string of the molecule is O=C(c1cccs1)C1CCCN(C(=O)NCc2n[nH]c3c2CCCCC3)C1. The predicted octanol–water partition coefficient (Wildman–Crippen LogP) is 3.54. The quantitative estimate of drug-likeness (QED) is 0.623. The number of rotatable bonds is 4. The van der Waals surface area contributed by atoms with E-state index in [0.717, 1.165) is 36.3 Å². The Kier molecular flexibility index (Phi) is 5.57. The first-order chi connectivity index (χ1) is 13.2. The summed E-state index contributed by atoms with van der Waals surface area (Å²) in [4.78, 5) is 27.8. The molecule has 144 valence electrons. The van der Waals surface area contributed by atoms with Gasteiger partial charge in [-0.05, 0) is 55.5 Å². The number of aromatic amines is 1. The van der Waals surface area contributed by atoms with Crippen molar-refractivity contribution in [2.75, 3.05) is 13.1 Å². The summed E-state index contributed by atoms with van der Waals surface area (Å²) in [5.41, 5.74) is 3.48. The van der Waals surface area contributed by atoms with Gasteiger partial charge in [-0.25, -0.2) is 4.79 Å². The molecule has 1 atom stereocenters. The fraction of sp³-hybridized carbons (Fsp3) is 0.550. The van der Waals surface area contributed by atoms with Crippen LogP contribution in [0.15, 0.2) is 17.5 Å². The smallest absolute Gasteiger partial charge is 0.317 e. The number of aromatic nitrogens is 2. The molecule has 1 aliphatic carbocycles. The number of carbonyl (C=O) groups is 2. The number of ketones is 1. The zero-order valence-corrected chi connectivity index (χ0v) is 16.3. The first-order valence-corrected chi connectivity index (χ1v) is 10.8. The van der Waals surface area contributed by atoms with Gasteiger partial charge in [-0.3, -0.25) is 9.89 Å². The molecule has 0 spiro atoms. The molecule has 0 radical (unpaired) electrons. The van der Waals surface area contributed by atoms with Gasteiger partial charge in [-0.1, -0.05) is 12.5 Å². The largest absolute Gasteiger partial charge is 0.332 e. The summed E-state index contributed by atoms with van der Waals surface area (Å²) in [6.07, 6.45) is 7.45. The average Bonchev–Trinajstić information content (AvgIpc) is 3.31. The number of hydrogen-bond acceptors (Lipinski definition) is 4. The maximum Gasteiger partial charge on any atom is 0.317 e. The highest BCUT2D eigenvalue weighted by Crippen LogP contribution is 2.24. The van der Waals surface area contributed by atoms with E-state index in [1.165, 1.54) is 41.9 Å². The highest BCUT2D eigenvalue weighted by atomic mass is 32.1. The van der Waals surface area contributed by atoms with Gasteiger partial charge in [-0.2, -0.15) is 5.10 Å². The number of urea groups is 1. The van der Waals surface area contributed by atoms with Crippen molar-refractivity contribution in [3.05, 3.63) is 39.3 Å². The van der Waals surface area contributed by atoms with Crippen LogP contribution in [-0.4, -0.2) is 40.0 Å². The van der Waals surface area contributed by atoms with Gasteiger partial charge in [0.1, 0.15) is 0 Å². The van der Waals surface area contributed by atoms with Crippen LogP contribution in [0.1, 0.15) is 58.7 Å². The van der Waals surface area contributed by atoms with Gasteiger partial charge in [0, 0.05) is 24.7 Å². The minimum absolute atomic E-state index is 0.0928. The van der Waals surface area contributed by atoms with Gasteiger partial charge in [0.05, 0.1) is 17.1 Å². The molecule has 7 heteroatoms. The zero-order chi connectivity index (χ0) is 18.6. The maximum atomic E-state index is 12.7. The maximum absolute atomic E-state index is 12.7. The van der Waals surface area contributed by atoms with Crippen LogP contribution in [0.2, 0.25) is 0 Å². The summed E-state index contributed by atoms with van der Waals surface area (Å²) in [6, 6.07) is 3.68. The number of H-pyrrole nitrogens is 1. The highest BCUT2D eigenvalue weighted by Gasteiger charge is 2.29. The molecule has 1 fully saturated rings. The van der Waals surface area contributed by atoms with Gasteiger partial charge >= 0.3 is 6.03 Å². The molecular formula is C20H26N4O2S. The third-order valence-corrected chi connectivity index (χ3v) is 6.53. The lowest BCUT2D eigenvalue weighted by Gasteiger charge is -2.31. The van der Waals surface area contributed by atoms with Crippen LogP contribution in [0.25, 0.3) is 0 Å². The normalized spacial score (nSPS) is 20.0. The summed E-state index contributed by atoms with van der Waals surface area (Å²) in [5.74, 6) is 0.0740. The molecule has 1 saturated heterocycles. The Morgan fingerprint density at radius 1 is 1.26 bits per heavy atom. The first-order valence-electron chi connectivity index (χ1n) is 9.88. The highest BCUT2D eigenvalue weighted by molar-refractivity contribution is 7.12. The Balaban J connectivity index is 1.34. The molecule has 4 rings (SSSR count). The number of aryl methyl sites for hydroxylation is 1. The molecule has 2 N–H and O–H groups in total. The van der Waals surface area contributed by atoms with Crippen molar-refractivity contribution in [1.82, 2.24) is 20.4 Å². The van der Waals surface area contributed by atoms with Crippen molar-refractivity contribution >= 4 is 23.2 Å². The van der Waals surface area contributed by atoms with Crippen LogP contribution in [0, 0.1) is 5.92 Å². The van der Waals surface area contributed by atoms with Crippen LogP contribution < -0.4 is 5.32 Å². The molecule has 0 aromatic carbocycles. The molecule has 0 saturated carbocycles. The van der Waals surface area contributed by atoms with Crippen LogP contribution in [0.3, 0.4) is 0 Å². The van der Waals surface area contributed by atoms with Crippen LogP contribution in [-0.2, 0) is 19.4 Å². The number of fused-ring (bicyclic) bond motifs is 1. The van der Waals surface area contributed by atoms with E-state index in [9.17, 15) is 9.59 Å². The number of Topliss-reactive ketones (excluding diaryl/α,β-unsaturated/α-hetero) is 1. The second-order valence-corrected chi connectivity index (χ2v) is 8.42. The van der Waals surface area contributed by atoms with Gasteiger partial charge < -0.3 is 10.2 Å².